The number of piperidine rings is 1. The largest absolute Gasteiger partial charge is 0.573 e. The number of nitrogens with two attached hydrogens (primary N) is 1. The van der Waals surface area contributed by atoms with Gasteiger partial charge in [0.05, 0.1) is 0 Å². The van der Waals surface area contributed by atoms with Crippen molar-refractivity contribution in [2.75, 3.05) is 25.0 Å². The van der Waals surface area contributed by atoms with E-state index in [4.69, 9.17) is 5.73 Å². The topological polar surface area (TPSA) is 80.0 Å². The van der Waals surface area contributed by atoms with Crippen LogP contribution in [0.4, 0.5) is 18.9 Å². The Kier molecular flexibility index (Phi) is 7.38. The molecule has 9 heteroatoms. The maximum Gasteiger partial charge on any atom is 0.573 e. The first-order valence-corrected chi connectivity index (χ1v) is 10.0. The van der Waals surface area contributed by atoms with Crippen LogP contribution in [0.25, 0.3) is 0 Å². The van der Waals surface area contributed by atoms with Crippen molar-refractivity contribution in [3.8, 4) is 5.75 Å². The second-order valence-electron chi connectivity index (χ2n) is 7.41. The molecule has 0 saturated carbocycles. The quantitative estimate of drug-likeness (QED) is 0.536. The zero-order chi connectivity index (χ0) is 22.3. The maximum atomic E-state index is 12.4. The fourth-order valence-corrected chi connectivity index (χ4v) is 3.51. The summed E-state index contributed by atoms with van der Waals surface area (Å²) in [7, 11) is 0. The lowest BCUT2D eigenvalue weighted by molar-refractivity contribution is -0.274. The minimum atomic E-state index is -4.74. The molecule has 2 aromatic rings. The number of likely N-dealkylation sites (tertiary alicyclic amines) is 1. The minimum Gasteiger partial charge on any atom is -0.406 e. The molecule has 166 valence electrons. The summed E-state index contributed by atoms with van der Waals surface area (Å²) in [6.45, 7) is 1.30. The Labute approximate surface area is 178 Å². The number of halogens is 3. The number of guanidine groups is 1. The van der Waals surface area contributed by atoms with Crippen molar-refractivity contribution in [2.45, 2.75) is 25.6 Å². The molecule has 1 amide bonds. The fraction of sp³-hybridized carbons (Fsp3) is 0.364. The van der Waals surface area contributed by atoms with Crippen molar-refractivity contribution in [2.24, 2.45) is 16.6 Å². The van der Waals surface area contributed by atoms with E-state index in [1.165, 1.54) is 17.7 Å². The molecule has 3 N–H and O–H groups in total. The second-order valence-corrected chi connectivity index (χ2v) is 7.41. The highest BCUT2D eigenvalue weighted by Crippen LogP contribution is 2.24. The molecule has 0 aromatic heterocycles. The Morgan fingerprint density at radius 2 is 1.74 bits per heavy atom. The first-order valence-electron chi connectivity index (χ1n) is 10.0. The summed E-state index contributed by atoms with van der Waals surface area (Å²) in [6, 6.07) is 15.4. The molecular formula is C22H25F3N4O2. The average molecular weight is 434 g/mol. The maximum absolute atomic E-state index is 12.4. The minimum absolute atomic E-state index is 0.0109. The Bertz CT molecular complexity index is 878. The number of hydrogen-bond acceptors (Lipinski definition) is 3. The Balaban J connectivity index is 1.42. The van der Waals surface area contributed by atoms with E-state index < -0.39 is 6.36 Å². The molecule has 31 heavy (non-hydrogen) atoms. The van der Waals surface area contributed by atoms with Gasteiger partial charge < -0.3 is 20.7 Å². The molecule has 1 heterocycles. The Morgan fingerprint density at radius 1 is 1.10 bits per heavy atom. The monoisotopic (exact) mass is 434 g/mol. The summed E-state index contributed by atoms with van der Waals surface area (Å²) in [4.78, 5) is 18.2. The van der Waals surface area contributed by atoms with Crippen LogP contribution in [-0.2, 0) is 11.2 Å². The van der Waals surface area contributed by atoms with Crippen molar-refractivity contribution in [1.82, 2.24) is 4.90 Å². The van der Waals surface area contributed by atoms with Crippen molar-refractivity contribution >= 4 is 17.6 Å². The number of nitrogens with zero attached hydrogens (tertiary/aromatic N) is 2. The van der Waals surface area contributed by atoms with E-state index in [2.05, 4.69) is 27.2 Å². The first-order chi connectivity index (χ1) is 14.8. The van der Waals surface area contributed by atoms with Crippen LogP contribution in [0.2, 0.25) is 0 Å². The number of hydrogen-bond donors (Lipinski definition) is 2. The first kappa shape index (κ1) is 22.5. The lowest BCUT2D eigenvalue weighted by Gasteiger charge is -2.31. The lowest BCUT2D eigenvalue weighted by atomic mass is 9.90. The third-order valence-corrected chi connectivity index (χ3v) is 5.08. The molecule has 6 nitrogen and oxygen atoms in total. The van der Waals surface area contributed by atoms with Gasteiger partial charge in [-0.15, -0.1) is 13.2 Å². The summed E-state index contributed by atoms with van der Waals surface area (Å²) in [5.41, 5.74) is 7.54. The van der Waals surface area contributed by atoms with Gasteiger partial charge in [-0.2, -0.15) is 0 Å². The summed E-state index contributed by atoms with van der Waals surface area (Å²) in [6.07, 6.45) is -1.83. The Hall–Kier alpha value is -3.23. The van der Waals surface area contributed by atoms with Gasteiger partial charge in [-0.25, -0.2) is 4.99 Å². The van der Waals surface area contributed by atoms with E-state index >= 15 is 0 Å². The Morgan fingerprint density at radius 3 is 2.35 bits per heavy atom. The van der Waals surface area contributed by atoms with Gasteiger partial charge in [-0.3, -0.25) is 4.79 Å². The summed E-state index contributed by atoms with van der Waals surface area (Å²) in [5, 5.41) is 2.74. The van der Waals surface area contributed by atoms with E-state index in [1.54, 1.807) is 4.90 Å². The third-order valence-electron chi connectivity index (χ3n) is 5.08. The zero-order valence-electron chi connectivity index (χ0n) is 16.9. The van der Waals surface area contributed by atoms with Crippen molar-refractivity contribution < 1.29 is 22.7 Å². The molecule has 1 aliphatic heterocycles. The number of carbonyl (C=O) groups excluding carboxylic acids is 1. The van der Waals surface area contributed by atoms with Crippen LogP contribution in [0.1, 0.15) is 18.4 Å². The number of alkyl halides is 3. The molecule has 2 aromatic carbocycles. The molecule has 0 bridgehead atoms. The van der Waals surface area contributed by atoms with Crippen molar-refractivity contribution in [3.63, 3.8) is 0 Å². The van der Waals surface area contributed by atoms with Crippen molar-refractivity contribution in [3.05, 3.63) is 60.2 Å². The molecule has 0 radical (unpaired) electrons. The molecular weight excluding hydrogens is 409 g/mol. The number of benzene rings is 2. The zero-order valence-corrected chi connectivity index (χ0v) is 16.9. The van der Waals surface area contributed by atoms with Gasteiger partial charge in [0.2, 0.25) is 5.91 Å². The summed E-state index contributed by atoms with van der Waals surface area (Å²) >= 11 is 0. The molecule has 1 aliphatic rings. The van der Waals surface area contributed by atoms with Crippen LogP contribution in [0.3, 0.4) is 0 Å². The lowest BCUT2D eigenvalue weighted by Crippen LogP contribution is -2.40. The van der Waals surface area contributed by atoms with Crippen LogP contribution >= 0.6 is 0 Å². The normalized spacial score (nSPS) is 15.6. The number of carbonyl (C=O) groups is 1. The van der Waals surface area contributed by atoms with Gasteiger partial charge in [0, 0.05) is 18.8 Å². The van der Waals surface area contributed by atoms with Crippen LogP contribution < -0.4 is 15.8 Å². The number of amides is 1. The third kappa shape index (κ3) is 7.51. The van der Waals surface area contributed by atoms with Crippen LogP contribution in [0.15, 0.2) is 59.6 Å². The highest BCUT2D eigenvalue weighted by atomic mass is 19.4. The molecule has 1 fully saturated rings. The number of rotatable bonds is 6. The molecule has 0 unspecified atom stereocenters. The van der Waals surface area contributed by atoms with Gasteiger partial charge in [0.15, 0.2) is 5.96 Å². The SMILES string of the molecule is NC(=NCC(=O)N1CCC(Cc2ccccc2)CC1)Nc1ccc(OC(F)(F)F)cc1. The highest BCUT2D eigenvalue weighted by molar-refractivity contribution is 5.93. The fourth-order valence-electron chi connectivity index (χ4n) is 3.51. The van der Waals surface area contributed by atoms with Crippen molar-refractivity contribution in [1.29, 1.82) is 0 Å². The molecule has 3 rings (SSSR count). The van der Waals surface area contributed by atoms with Gasteiger partial charge in [0.25, 0.3) is 0 Å². The van der Waals surface area contributed by atoms with Crippen LogP contribution in [0, 0.1) is 5.92 Å². The average Bonchev–Trinajstić information content (AvgIpc) is 2.74. The van der Waals surface area contributed by atoms with E-state index in [9.17, 15) is 18.0 Å². The molecule has 0 atom stereocenters. The van der Waals surface area contributed by atoms with Gasteiger partial charge in [-0.05, 0) is 55.0 Å². The number of ether oxygens (including phenoxy) is 1. The van der Waals surface area contributed by atoms with Gasteiger partial charge in [-0.1, -0.05) is 30.3 Å². The van der Waals surface area contributed by atoms with Crippen LogP contribution in [0.5, 0.6) is 5.75 Å². The number of anilines is 1. The van der Waals surface area contributed by atoms with E-state index in [1.807, 2.05) is 18.2 Å². The summed E-state index contributed by atoms with van der Waals surface area (Å²) in [5.74, 6) is 0.138. The van der Waals surface area contributed by atoms with E-state index in [0.29, 0.717) is 24.7 Å². The van der Waals surface area contributed by atoms with Gasteiger partial charge in [0.1, 0.15) is 12.3 Å². The molecule has 1 saturated heterocycles. The molecule has 0 aliphatic carbocycles. The van der Waals surface area contributed by atoms with E-state index in [0.717, 1.165) is 31.4 Å². The second kappa shape index (κ2) is 10.2. The van der Waals surface area contributed by atoms with E-state index in [-0.39, 0.29) is 24.2 Å². The molecule has 0 spiro atoms. The predicted octanol–water partition coefficient (Wildman–Crippen LogP) is 3.79. The summed E-state index contributed by atoms with van der Waals surface area (Å²) < 4.78 is 40.4. The van der Waals surface area contributed by atoms with Crippen LogP contribution in [-0.4, -0.2) is 42.8 Å². The standard InChI is InChI=1S/C22H25F3N4O2/c23-22(24,25)31-19-8-6-18(7-9-19)28-21(26)27-15-20(30)29-12-10-17(11-13-29)14-16-4-2-1-3-5-16/h1-9,17H,10-15H2,(H3,26,27,28). The number of aliphatic imine (C=N–C) groups is 1. The number of nitrogens with one attached hydrogen (secondary N) is 1. The highest BCUT2D eigenvalue weighted by Gasteiger charge is 2.31. The smallest absolute Gasteiger partial charge is 0.406 e. The predicted molar refractivity (Wildman–Crippen MR) is 113 cm³/mol. The van der Waals surface area contributed by atoms with Gasteiger partial charge >= 0.3 is 6.36 Å².